The predicted octanol–water partition coefficient (Wildman–Crippen LogP) is 0.196. The van der Waals surface area contributed by atoms with Gasteiger partial charge in [0, 0.05) is 13.0 Å². The summed E-state index contributed by atoms with van der Waals surface area (Å²) >= 11 is 0. The van der Waals surface area contributed by atoms with Crippen LogP contribution in [0, 0.1) is 5.92 Å². The van der Waals surface area contributed by atoms with Crippen LogP contribution >= 0.6 is 0 Å². The van der Waals surface area contributed by atoms with Crippen molar-refractivity contribution >= 4 is 11.8 Å². The van der Waals surface area contributed by atoms with Crippen molar-refractivity contribution < 1.29 is 14.7 Å². The van der Waals surface area contributed by atoms with E-state index in [-0.39, 0.29) is 25.0 Å². The highest BCUT2D eigenvalue weighted by molar-refractivity contribution is 5.89. The molecule has 0 spiro atoms. The third kappa shape index (κ3) is 7.25. The van der Waals surface area contributed by atoms with Gasteiger partial charge in [-0.25, -0.2) is 0 Å². The van der Waals surface area contributed by atoms with E-state index < -0.39 is 12.1 Å². The van der Waals surface area contributed by atoms with Crippen LogP contribution in [0.2, 0.25) is 0 Å². The molecule has 128 valence electrons. The van der Waals surface area contributed by atoms with Crippen LogP contribution in [0.1, 0.15) is 25.8 Å². The third-order valence-corrected chi connectivity index (χ3v) is 3.39. The minimum Gasteiger partial charge on any atom is -0.395 e. The summed E-state index contributed by atoms with van der Waals surface area (Å²) in [5.41, 5.74) is 6.82. The van der Waals surface area contributed by atoms with E-state index in [1.165, 1.54) is 0 Å². The molecule has 6 nitrogen and oxygen atoms in total. The Morgan fingerprint density at radius 1 is 1.17 bits per heavy atom. The van der Waals surface area contributed by atoms with Crippen LogP contribution in [-0.4, -0.2) is 42.2 Å². The Morgan fingerprint density at radius 3 is 2.39 bits per heavy atom. The SMILES string of the molecule is CC(C)C[C@H](N)C(=O)N[C@@H](Cc1ccccc1)C(=O)NCCO. The summed E-state index contributed by atoms with van der Waals surface area (Å²) < 4.78 is 0. The molecule has 5 N–H and O–H groups in total. The van der Waals surface area contributed by atoms with E-state index in [9.17, 15) is 9.59 Å². The molecule has 0 saturated carbocycles. The first-order valence-electron chi connectivity index (χ1n) is 7.92. The molecule has 0 unspecified atom stereocenters. The summed E-state index contributed by atoms with van der Waals surface area (Å²) in [5.74, 6) is -0.363. The number of nitrogens with two attached hydrogens (primary N) is 1. The number of aliphatic hydroxyl groups is 1. The summed E-state index contributed by atoms with van der Waals surface area (Å²) in [7, 11) is 0. The fraction of sp³-hybridized carbons (Fsp3) is 0.529. The van der Waals surface area contributed by atoms with Crippen LogP contribution in [0.3, 0.4) is 0 Å². The first kappa shape index (κ1) is 19.1. The Morgan fingerprint density at radius 2 is 1.83 bits per heavy atom. The molecule has 1 rings (SSSR count). The van der Waals surface area contributed by atoms with Crippen LogP contribution in [-0.2, 0) is 16.0 Å². The van der Waals surface area contributed by atoms with Gasteiger partial charge in [-0.2, -0.15) is 0 Å². The number of benzene rings is 1. The maximum Gasteiger partial charge on any atom is 0.243 e. The number of carbonyl (C=O) groups excluding carboxylic acids is 2. The van der Waals surface area contributed by atoms with Gasteiger partial charge in [-0.3, -0.25) is 9.59 Å². The van der Waals surface area contributed by atoms with E-state index in [0.717, 1.165) is 5.56 Å². The fourth-order valence-corrected chi connectivity index (χ4v) is 2.26. The topological polar surface area (TPSA) is 104 Å². The van der Waals surface area contributed by atoms with Crippen LogP contribution in [0.5, 0.6) is 0 Å². The molecule has 0 aliphatic carbocycles. The Bertz CT molecular complexity index is 491. The molecule has 0 saturated heterocycles. The van der Waals surface area contributed by atoms with Gasteiger partial charge >= 0.3 is 0 Å². The smallest absolute Gasteiger partial charge is 0.243 e. The first-order valence-corrected chi connectivity index (χ1v) is 7.92. The second kappa shape index (κ2) is 9.97. The number of hydrogen-bond donors (Lipinski definition) is 4. The number of nitrogens with one attached hydrogen (secondary N) is 2. The van der Waals surface area contributed by atoms with Crippen molar-refractivity contribution in [2.45, 2.75) is 38.8 Å². The van der Waals surface area contributed by atoms with Crippen molar-refractivity contribution in [2.24, 2.45) is 11.7 Å². The lowest BCUT2D eigenvalue weighted by atomic mass is 10.0. The second-order valence-electron chi connectivity index (χ2n) is 6.00. The minimum absolute atomic E-state index is 0.148. The normalized spacial score (nSPS) is 13.4. The zero-order valence-electron chi connectivity index (χ0n) is 13.8. The average molecular weight is 321 g/mol. The van der Waals surface area contributed by atoms with Gasteiger partial charge in [0.2, 0.25) is 11.8 Å². The molecule has 2 amide bonds. The lowest BCUT2D eigenvalue weighted by Gasteiger charge is -2.21. The monoisotopic (exact) mass is 321 g/mol. The highest BCUT2D eigenvalue weighted by Crippen LogP contribution is 2.06. The average Bonchev–Trinajstić information content (AvgIpc) is 2.52. The van der Waals surface area contributed by atoms with Crippen LogP contribution < -0.4 is 16.4 Å². The van der Waals surface area contributed by atoms with Crippen molar-refractivity contribution in [1.82, 2.24) is 10.6 Å². The van der Waals surface area contributed by atoms with E-state index in [1.807, 2.05) is 44.2 Å². The van der Waals surface area contributed by atoms with Gasteiger partial charge in [-0.1, -0.05) is 44.2 Å². The molecule has 1 aromatic rings. The van der Waals surface area contributed by atoms with Gasteiger partial charge in [0.25, 0.3) is 0 Å². The van der Waals surface area contributed by atoms with Crippen molar-refractivity contribution in [1.29, 1.82) is 0 Å². The summed E-state index contributed by atoms with van der Waals surface area (Å²) in [4.78, 5) is 24.4. The molecule has 0 fully saturated rings. The largest absolute Gasteiger partial charge is 0.395 e. The predicted molar refractivity (Wildman–Crippen MR) is 89.6 cm³/mol. The van der Waals surface area contributed by atoms with Crippen LogP contribution in [0.25, 0.3) is 0 Å². The number of amides is 2. The number of hydrogen-bond acceptors (Lipinski definition) is 4. The number of rotatable bonds is 9. The Kier molecular flexibility index (Phi) is 8.29. The Hall–Kier alpha value is -1.92. The van der Waals surface area contributed by atoms with E-state index in [0.29, 0.717) is 18.8 Å². The highest BCUT2D eigenvalue weighted by Gasteiger charge is 2.24. The molecule has 23 heavy (non-hydrogen) atoms. The zero-order chi connectivity index (χ0) is 17.2. The molecule has 0 aliphatic rings. The zero-order valence-corrected chi connectivity index (χ0v) is 13.8. The molecule has 0 heterocycles. The van der Waals surface area contributed by atoms with Gasteiger partial charge in [0.1, 0.15) is 6.04 Å². The number of aliphatic hydroxyl groups excluding tert-OH is 1. The molecular weight excluding hydrogens is 294 g/mol. The lowest BCUT2D eigenvalue weighted by molar-refractivity contribution is -0.129. The van der Waals surface area contributed by atoms with Gasteiger partial charge in [-0.15, -0.1) is 0 Å². The molecule has 2 atom stereocenters. The van der Waals surface area contributed by atoms with E-state index in [1.54, 1.807) is 0 Å². The summed E-state index contributed by atoms with van der Waals surface area (Å²) in [6, 6.07) is 8.09. The van der Waals surface area contributed by atoms with Crippen molar-refractivity contribution in [3.05, 3.63) is 35.9 Å². The maximum absolute atomic E-state index is 12.2. The highest BCUT2D eigenvalue weighted by atomic mass is 16.3. The standard InChI is InChI=1S/C17H27N3O3/c1-12(2)10-14(18)16(22)20-15(17(23)19-8-9-21)11-13-6-4-3-5-7-13/h3-7,12,14-15,21H,8-11,18H2,1-2H3,(H,19,23)(H,20,22)/t14-,15-/m0/s1. The van der Waals surface area contributed by atoms with Gasteiger partial charge < -0.3 is 21.5 Å². The lowest BCUT2D eigenvalue weighted by Crippen LogP contribution is -2.53. The molecule has 0 radical (unpaired) electrons. The summed E-state index contributed by atoms with van der Waals surface area (Å²) in [5, 5.41) is 14.1. The first-order chi connectivity index (χ1) is 10.9. The van der Waals surface area contributed by atoms with Crippen molar-refractivity contribution in [3.63, 3.8) is 0 Å². The van der Waals surface area contributed by atoms with Crippen LogP contribution in [0.4, 0.5) is 0 Å². The van der Waals surface area contributed by atoms with E-state index in [4.69, 9.17) is 10.8 Å². The van der Waals surface area contributed by atoms with E-state index in [2.05, 4.69) is 10.6 Å². The van der Waals surface area contributed by atoms with Crippen molar-refractivity contribution in [3.8, 4) is 0 Å². The van der Waals surface area contributed by atoms with Crippen LogP contribution in [0.15, 0.2) is 30.3 Å². The Labute approximate surface area is 137 Å². The minimum atomic E-state index is -0.713. The number of carbonyl (C=O) groups is 2. The summed E-state index contributed by atoms with van der Waals surface area (Å²) in [6.45, 7) is 3.98. The second-order valence-corrected chi connectivity index (χ2v) is 6.00. The maximum atomic E-state index is 12.2. The fourth-order valence-electron chi connectivity index (χ4n) is 2.26. The van der Waals surface area contributed by atoms with Gasteiger partial charge in [0.15, 0.2) is 0 Å². The molecular formula is C17H27N3O3. The van der Waals surface area contributed by atoms with Gasteiger partial charge in [0.05, 0.1) is 12.6 Å². The van der Waals surface area contributed by atoms with Gasteiger partial charge in [-0.05, 0) is 17.9 Å². The molecule has 0 aliphatic heterocycles. The Balaban J connectivity index is 2.74. The molecule has 0 bridgehead atoms. The molecule has 0 aromatic heterocycles. The summed E-state index contributed by atoms with van der Waals surface area (Å²) in [6.07, 6.45) is 0.931. The quantitative estimate of drug-likeness (QED) is 0.521. The molecule has 1 aromatic carbocycles. The van der Waals surface area contributed by atoms with E-state index >= 15 is 0 Å². The van der Waals surface area contributed by atoms with Crippen molar-refractivity contribution in [2.75, 3.05) is 13.2 Å². The molecule has 6 heteroatoms. The third-order valence-electron chi connectivity index (χ3n) is 3.39.